The Kier molecular flexibility index (Phi) is 6.18. The van der Waals surface area contributed by atoms with Crippen molar-refractivity contribution in [2.24, 2.45) is 5.92 Å². The van der Waals surface area contributed by atoms with Gasteiger partial charge < -0.3 is 10.1 Å². The highest BCUT2D eigenvalue weighted by atomic mass is 35.5. The largest absolute Gasteiger partial charge is 0.379 e. The molecule has 0 radical (unpaired) electrons. The molecule has 0 spiro atoms. The topological polar surface area (TPSA) is 67.4 Å². The van der Waals surface area contributed by atoms with E-state index < -0.39 is 6.03 Å². The van der Waals surface area contributed by atoms with Crippen LogP contribution in [0.3, 0.4) is 0 Å². The van der Waals surface area contributed by atoms with Gasteiger partial charge in [0.15, 0.2) is 0 Å². The van der Waals surface area contributed by atoms with Gasteiger partial charge >= 0.3 is 6.03 Å². The fraction of sp³-hybridized carbons (Fsp3) is 0.800. The Hall–Kier alpha value is -0.810. The average molecular weight is 249 g/mol. The summed E-state index contributed by atoms with van der Waals surface area (Å²) >= 11 is 5.35. The molecule has 16 heavy (non-hydrogen) atoms. The SMILES string of the molecule is O=C(CCCl)NC(=O)NCCOCC1CC1. The third-order valence-corrected chi connectivity index (χ3v) is 2.35. The van der Waals surface area contributed by atoms with Gasteiger partial charge in [-0.2, -0.15) is 0 Å². The van der Waals surface area contributed by atoms with Crippen molar-refractivity contribution in [3.05, 3.63) is 0 Å². The number of alkyl halides is 1. The summed E-state index contributed by atoms with van der Waals surface area (Å²) in [7, 11) is 0. The minimum Gasteiger partial charge on any atom is -0.379 e. The molecule has 0 unspecified atom stereocenters. The number of carbonyl (C=O) groups is 2. The molecule has 1 aliphatic rings. The first-order valence-electron chi connectivity index (χ1n) is 5.43. The third-order valence-electron chi connectivity index (χ3n) is 2.16. The highest BCUT2D eigenvalue weighted by molar-refractivity contribution is 6.19. The number of urea groups is 1. The van der Waals surface area contributed by atoms with Gasteiger partial charge in [-0.25, -0.2) is 4.79 Å². The lowest BCUT2D eigenvalue weighted by Gasteiger charge is -2.06. The van der Waals surface area contributed by atoms with Crippen LogP contribution in [0.4, 0.5) is 4.79 Å². The Morgan fingerprint density at radius 3 is 2.75 bits per heavy atom. The van der Waals surface area contributed by atoms with Gasteiger partial charge in [0.05, 0.1) is 6.61 Å². The van der Waals surface area contributed by atoms with Crippen LogP contribution in [-0.4, -0.2) is 37.6 Å². The van der Waals surface area contributed by atoms with Crippen molar-refractivity contribution in [3.8, 4) is 0 Å². The molecule has 0 aromatic heterocycles. The normalized spacial score (nSPS) is 14.6. The number of hydrogen-bond donors (Lipinski definition) is 2. The van der Waals surface area contributed by atoms with E-state index >= 15 is 0 Å². The van der Waals surface area contributed by atoms with E-state index in [0.29, 0.717) is 13.2 Å². The highest BCUT2D eigenvalue weighted by Crippen LogP contribution is 2.28. The molecule has 92 valence electrons. The molecule has 1 saturated carbocycles. The lowest BCUT2D eigenvalue weighted by Crippen LogP contribution is -2.40. The fourth-order valence-corrected chi connectivity index (χ4v) is 1.26. The molecular weight excluding hydrogens is 232 g/mol. The third kappa shape index (κ3) is 6.63. The van der Waals surface area contributed by atoms with E-state index in [9.17, 15) is 9.59 Å². The van der Waals surface area contributed by atoms with Gasteiger partial charge in [0.1, 0.15) is 0 Å². The van der Waals surface area contributed by atoms with Crippen LogP contribution in [0.25, 0.3) is 0 Å². The van der Waals surface area contributed by atoms with Crippen molar-refractivity contribution in [2.45, 2.75) is 19.3 Å². The molecule has 0 aromatic carbocycles. The van der Waals surface area contributed by atoms with Crippen molar-refractivity contribution >= 4 is 23.5 Å². The van der Waals surface area contributed by atoms with Crippen molar-refractivity contribution in [2.75, 3.05) is 25.6 Å². The Morgan fingerprint density at radius 1 is 1.38 bits per heavy atom. The summed E-state index contributed by atoms with van der Waals surface area (Å²) in [6.07, 6.45) is 2.65. The van der Waals surface area contributed by atoms with Gasteiger partial charge in [-0.15, -0.1) is 11.6 Å². The monoisotopic (exact) mass is 248 g/mol. The van der Waals surface area contributed by atoms with Gasteiger partial charge in [0.25, 0.3) is 0 Å². The highest BCUT2D eigenvalue weighted by Gasteiger charge is 2.20. The zero-order chi connectivity index (χ0) is 11.8. The van der Waals surface area contributed by atoms with Crippen molar-refractivity contribution in [1.82, 2.24) is 10.6 Å². The van der Waals surface area contributed by atoms with Crippen molar-refractivity contribution < 1.29 is 14.3 Å². The number of amides is 3. The second kappa shape index (κ2) is 7.46. The van der Waals surface area contributed by atoms with E-state index in [-0.39, 0.29) is 18.2 Å². The van der Waals surface area contributed by atoms with Gasteiger partial charge in [0, 0.05) is 25.5 Å². The first-order valence-corrected chi connectivity index (χ1v) is 5.97. The van der Waals surface area contributed by atoms with Crippen LogP contribution in [0.1, 0.15) is 19.3 Å². The molecule has 0 atom stereocenters. The van der Waals surface area contributed by atoms with Crippen LogP contribution in [0.5, 0.6) is 0 Å². The lowest BCUT2D eigenvalue weighted by molar-refractivity contribution is -0.119. The Balaban J connectivity index is 1.90. The maximum Gasteiger partial charge on any atom is 0.321 e. The quantitative estimate of drug-likeness (QED) is 0.519. The van der Waals surface area contributed by atoms with E-state index in [2.05, 4.69) is 10.6 Å². The molecule has 5 nitrogen and oxygen atoms in total. The summed E-state index contributed by atoms with van der Waals surface area (Å²) in [6, 6.07) is -0.495. The minimum absolute atomic E-state index is 0.146. The standard InChI is InChI=1S/C10H17ClN2O3/c11-4-3-9(14)13-10(15)12-5-6-16-7-8-1-2-8/h8H,1-7H2,(H2,12,13,14,15). The Labute approximate surface area is 99.9 Å². The summed E-state index contributed by atoms with van der Waals surface area (Å²) in [5.41, 5.74) is 0. The number of hydrogen-bond acceptors (Lipinski definition) is 3. The molecule has 6 heteroatoms. The number of rotatable bonds is 7. The molecule has 0 saturated heterocycles. The maximum absolute atomic E-state index is 11.1. The van der Waals surface area contributed by atoms with Gasteiger partial charge in [-0.3, -0.25) is 10.1 Å². The van der Waals surface area contributed by atoms with Crippen LogP contribution in [0.2, 0.25) is 0 Å². The molecule has 0 heterocycles. The van der Waals surface area contributed by atoms with Gasteiger partial charge in [0.2, 0.25) is 5.91 Å². The summed E-state index contributed by atoms with van der Waals surface area (Å²) < 4.78 is 5.31. The van der Waals surface area contributed by atoms with Crippen LogP contribution < -0.4 is 10.6 Å². The summed E-state index contributed by atoms with van der Waals surface area (Å²) in [5.74, 6) is 0.564. The maximum atomic E-state index is 11.1. The Bertz CT molecular complexity index is 244. The summed E-state index contributed by atoms with van der Waals surface area (Å²) in [4.78, 5) is 22.0. The number of carbonyl (C=O) groups excluding carboxylic acids is 2. The number of nitrogens with one attached hydrogen (secondary N) is 2. The molecule has 0 bridgehead atoms. The second-order valence-corrected chi connectivity index (χ2v) is 4.14. The van der Waals surface area contributed by atoms with Crippen LogP contribution >= 0.6 is 11.6 Å². The Morgan fingerprint density at radius 2 is 2.12 bits per heavy atom. The zero-order valence-corrected chi connectivity index (χ0v) is 9.89. The first-order chi connectivity index (χ1) is 7.72. The second-order valence-electron chi connectivity index (χ2n) is 3.76. The molecule has 2 N–H and O–H groups in total. The summed E-state index contributed by atoms with van der Waals surface area (Å²) in [6.45, 7) is 1.66. The first kappa shape index (κ1) is 13.3. The molecule has 0 aromatic rings. The van der Waals surface area contributed by atoms with E-state index in [1.54, 1.807) is 0 Å². The minimum atomic E-state index is -0.495. The number of halogens is 1. The van der Waals surface area contributed by atoms with Gasteiger partial charge in [-0.05, 0) is 18.8 Å². The van der Waals surface area contributed by atoms with Gasteiger partial charge in [-0.1, -0.05) is 0 Å². The van der Waals surface area contributed by atoms with E-state index in [4.69, 9.17) is 16.3 Å². The molecule has 1 fully saturated rings. The van der Waals surface area contributed by atoms with Crippen LogP contribution in [0, 0.1) is 5.92 Å². The van der Waals surface area contributed by atoms with E-state index in [1.165, 1.54) is 12.8 Å². The van der Waals surface area contributed by atoms with Crippen LogP contribution in [0.15, 0.2) is 0 Å². The van der Waals surface area contributed by atoms with Crippen LogP contribution in [-0.2, 0) is 9.53 Å². The number of imide groups is 1. The van der Waals surface area contributed by atoms with E-state index in [0.717, 1.165) is 12.5 Å². The van der Waals surface area contributed by atoms with E-state index in [1.807, 2.05) is 0 Å². The van der Waals surface area contributed by atoms with Crippen molar-refractivity contribution in [1.29, 1.82) is 0 Å². The molecule has 3 amide bonds. The smallest absolute Gasteiger partial charge is 0.321 e. The molecule has 0 aliphatic heterocycles. The molecular formula is C10H17ClN2O3. The lowest BCUT2D eigenvalue weighted by atomic mass is 10.4. The zero-order valence-electron chi connectivity index (χ0n) is 9.13. The predicted octanol–water partition coefficient (Wildman–Crippen LogP) is 0.868. The van der Waals surface area contributed by atoms with Crippen molar-refractivity contribution in [3.63, 3.8) is 0 Å². The molecule has 1 aliphatic carbocycles. The average Bonchev–Trinajstić information content (AvgIpc) is 3.01. The fourth-order valence-electron chi connectivity index (χ4n) is 1.09. The molecule has 1 rings (SSSR count). The summed E-state index contributed by atoms with van der Waals surface area (Å²) in [5, 5.41) is 4.69. The number of ether oxygens (including phenoxy) is 1. The predicted molar refractivity (Wildman–Crippen MR) is 60.4 cm³/mol.